The fraction of sp³-hybridized carbons (Fsp3) is 0.125. The van der Waals surface area contributed by atoms with E-state index in [9.17, 15) is 18.0 Å². The average molecular weight is 432 g/mol. The van der Waals surface area contributed by atoms with Crippen LogP contribution in [0.2, 0.25) is 10.0 Å². The fourth-order valence-electron chi connectivity index (χ4n) is 0.869. The number of nitrogens with two attached hydrogens (primary N) is 1. The fourth-order valence-corrected chi connectivity index (χ4v) is 2.65. The van der Waals surface area contributed by atoms with E-state index >= 15 is 0 Å². The van der Waals surface area contributed by atoms with Gasteiger partial charge in [0.05, 0.1) is 19.7 Å². The third-order valence-electron chi connectivity index (χ3n) is 1.68. The van der Waals surface area contributed by atoms with Crippen LogP contribution in [-0.4, -0.2) is 12.1 Å². The van der Waals surface area contributed by atoms with Gasteiger partial charge in [0.1, 0.15) is 5.02 Å². The van der Waals surface area contributed by atoms with Gasteiger partial charge in [-0.05, 0) is 31.9 Å². The molecule has 1 rings (SSSR count). The van der Waals surface area contributed by atoms with E-state index in [4.69, 9.17) is 28.9 Å². The van der Waals surface area contributed by atoms with E-state index in [1.165, 1.54) is 0 Å². The molecule has 0 atom stereocenters. The minimum absolute atomic E-state index is 0.0677. The number of halogens is 7. The Morgan fingerprint density at radius 3 is 2.11 bits per heavy atom. The molecule has 1 aromatic rings. The molecule has 0 saturated heterocycles. The normalized spacial score (nSPS) is 11.5. The van der Waals surface area contributed by atoms with Crippen LogP contribution in [0.15, 0.2) is 8.95 Å². The van der Waals surface area contributed by atoms with Crippen LogP contribution >= 0.6 is 55.1 Å². The van der Waals surface area contributed by atoms with Crippen LogP contribution in [0.3, 0.4) is 0 Å². The molecule has 100 valence electrons. The van der Waals surface area contributed by atoms with Crippen molar-refractivity contribution in [2.45, 2.75) is 6.18 Å². The molecular formula is C8H2Br2Cl2F3NO2. The molecule has 0 fully saturated rings. The molecule has 2 N–H and O–H groups in total. The molecule has 10 heteroatoms. The lowest BCUT2D eigenvalue weighted by molar-refractivity contribution is -0.189. The number of rotatable bonds is 1. The predicted octanol–water partition coefficient (Wildman–Crippen LogP) is 4.57. The van der Waals surface area contributed by atoms with Gasteiger partial charge in [-0.15, -0.1) is 0 Å². The number of ether oxygens (including phenoxy) is 1. The molecule has 0 aromatic heterocycles. The number of alkyl halides is 3. The molecule has 0 radical (unpaired) electrons. The molecule has 3 nitrogen and oxygen atoms in total. The third kappa shape index (κ3) is 3.04. The Morgan fingerprint density at radius 1 is 1.17 bits per heavy atom. The zero-order valence-electron chi connectivity index (χ0n) is 8.04. The van der Waals surface area contributed by atoms with Crippen molar-refractivity contribution in [3.63, 3.8) is 0 Å². The van der Waals surface area contributed by atoms with Gasteiger partial charge in [-0.25, -0.2) is 4.79 Å². The van der Waals surface area contributed by atoms with Gasteiger partial charge in [0.15, 0.2) is 5.75 Å². The van der Waals surface area contributed by atoms with Crippen molar-refractivity contribution in [1.82, 2.24) is 0 Å². The zero-order valence-corrected chi connectivity index (χ0v) is 12.7. The van der Waals surface area contributed by atoms with Crippen LogP contribution < -0.4 is 10.5 Å². The SMILES string of the molecule is Nc1c(Cl)c(OC(=O)C(F)(F)F)c(Br)c(Cl)c1Br. The largest absolute Gasteiger partial charge is 0.491 e. The standard InChI is InChI=1S/C8H2Br2Cl2F3NO2/c9-1-3(11)2(10)6(4(12)5(1)16)18-7(17)8(13,14)15/h16H2. The second-order valence-electron chi connectivity index (χ2n) is 2.89. The minimum Gasteiger partial charge on any atom is -0.417 e. The maximum atomic E-state index is 12.1. The molecule has 0 unspecified atom stereocenters. The molecule has 1 aromatic carbocycles. The van der Waals surface area contributed by atoms with E-state index in [0.717, 1.165) is 0 Å². The van der Waals surface area contributed by atoms with E-state index in [1.54, 1.807) is 0 Å². The first-order chi connectivity index (χ1) is 8.07. The highest BCUT2D eigenvalue weighted by atomic mass is 79.9. The van der Waals surface area contributed by atoms with Crippen LogP contribution in [-0.2, 0) is 4.79 Å². The Bertz CT molecular complexity index is 493. The Balaban J connectivity index is 3.31. The lowest BCUT2D eigenvalue weighted by Gasteiger charge is -2.14. The van der Waals surface area contributed by atoms with Gasteiger partial charge < -0.3 is 10.5 Å². The van der Waals surface area contributed by atoms with Gasteiger partial charge in [-0.3, -0.25) is 0 Å². The van der Waals surface area contributed by atoms with Crippen molar-refractivity contribution >= 4 is 66.7 Å². The predicted molar refractivity (Wildman–Crippen MR) is 68.0 cm³/mol. The second kappa shape index (κ2) is 5.44. The van der Waals surface area contributed by atoms with E-state index in [2.05, 4.69) is 36.6 Å². The van der Waals surface area contributed by atoms with Crippen LogP contribution in [0.4, 0.5) is 18.9 Å². The van der Waals surface area contributed by atoms with E-state index in [1.807, 2.05) is 0 Å². The number of hydrogen-bond acceptors (Lipinski definition) is 3. The van der Waals surface area contributed by atoms with E-state index < -0.39 is 17.9 Å². The Labute approximate surface area is 126 Å². The highest BCUT2D eigenvalue weighted by molar-refractivity contribution is 9.11. The summed E-state index contributed by atoms with van der Waals surface area (Å²) in [6, 6.07) is 0. The number of hydrogen-bond donors (Lipinski definition) is 1. The summed E-state index contributed by atoms with van der Waals surface area (Å²) in [5, 5.41) is -0.433. The van der Waals surface area contributed by atoms with Crippen molar-refractivity contribution in [2.24, 2.45) is 0 Å². The van der Waals surface area contributed by atoms with Gasteiger partial charge in [0.25, 0.3) is 0 Å². The molecular weight excluding hydrogens is 430 g/mol. The monoisotopic (exact) mass is 429 g/mol. The Kier molecular flexibility index (Phi) is 4.80. The van der Waals surface area contributed by atoms with E-state index in [0.29, 0.717) is 0 Å². The Hall–Kier alpha value is -0.180. The number of carbonyl (C=O) groups excluding carboxylic acids is 1. The highest BCUT2D eigenvalue weighted by Gasteiger charge is 2.42. The number of benzene rings is 1. The molecule has 0 bridgehead atoms. The van der Waals surface area contributed by atoms with Crippen LogP contribution in [0.5, 0.6) is 5.75 Å². The summed E-state index contributed by atoms with van der Waals surface area (Å²) in [5.74, 6) is -3.02. The summed E-state index contributed by atoms with van der Waals surface area (Å²) in [6.45, 7) is 0. The van der Waals surface area contributed by atoms with Gasteiger partial charge in [0, 0.05) is 0 Å². The maximum Gasteiger partial charge on any atom is 0.491 e. The quantitative estimate of drug-likeness (QED) is 0.233. The van der Waals surface area contributed by atoms with Gasteiger partial charge in [-0.2, -0.15) is 13.2 Å². The maximum absolute atomic E-state index is 12.1. The first-order valence-electron chi connectivity index (χ1n) is 3.97. The molecule has 0 aliphatic carbocycles. The van der Waals surface area contributed by atoms with Gasteiger partial charge in [0.2, 0.25) is 0 Å². The molecule has 0 saturated carbocycles. The highest BCUT2D eigenvalue weighted by Crippen LogP contribution is 2.48. The smallest absolute Gasteiger partial charge is 0.417 e. The third-order valence-corrected chi connectivity index (χ3v) is 4.47. The molecule has 0 heterocycles. The number of anilines is 1. The van der Waals surface area contributed by atoms with Gasteiger partial charge >= 0.3 is 12.1 Å². The summed E-state index contributed by atoms with van der Waals surface area (Å²) < 4.78 is 40.4. The number of carbonyl (C=O) groups is 1. The zero-order chi connectivity index (χ0) is 14.2. The minimum atomic E-state index is -5.16. The van der Waals surface area contributed by atoms with Crippen molar-refractivity contribution in [2.75, 3.05) is 5.73 Å². The van der Waals surface area contributed by atoms with Crippen LogP contribution in [0, 0.1) is 0 Å². The van der Waals surface area contributed by atoms with Crippen molar-refractivity contribution in [1.29, 1.82) is 0 Å². The van der Waals surface area contributed by atoms with Crippen molar-refractivity contribution < 1.29 is 22.7 Å². The topological polar surface area (TPSA) is 52.3 Å². The van der Waals surface area contributed by atoms with Crippen molar-refractivity contribution in [3.8, 4) is 5.75 Å². The average Bonchev–Trinajstić information content (AvgIpc) is 2.28. The molecule has 0 amide bonds. The second-order valence-corrected chi connectivity index (χ2v) is 5.23. The lowest BCUT2D eigenvalue weighted by atomic mass is 10.3. The molecule has 18 heavy (non-hydrogen) atoms. The Morgan fingerprint density at radius 2 is 1.67 bits per heavy atom. The number of nitrogen functional groups attached to an aromatic ring is 1. The first kappa shape index (κ1) is 15.9. The summed E-state index contributed by atoms with van der Waals surface area (Å²) in [4.78, 5) is 10.7. The molecule has 0 spiro atoms. The summed E-state index contributed by atoms with van der Waals surface area (Å²) >= 11 is 17.3. The van der Waals surface area contributed by atoms with Gasteiger partial charge in [-0.1, -0.05) is 23.2 Å². The molecule has 0 aliphatic rings. The lowest BCUT2D eigenvalue weighted by Crippen LogP contribution is -2.28. The summed E-state index contributed by atoms with van der Waals surface area (Å²) in [6.07, 6.45) is -5.16. The van der Waals surface area contributed by atoms with Crippen molar-refractivity contribution in [3.05, 3.63) is 19.0 Å². The van der Waals surface area contributed by atoms with Crippen LogP contribution in [0.25, 0.3) is 0 Å². The van der Waals surface area contributed by atoms with Crippen LogP contribution in [0.1, 0.15) is 0 Å². The molecule has 0 aliphatic heterocycles. The summed E-state index contributed by atoms with van der Waals surface area (Å²) in [7, 11) is 0. The summed E-state index contributed by atoms with van der Waals surface area (Å²) in [5.41, 5.74) is 5.34. The number of esters is 1. The first-order valence-corrected chi connectivity index (χ1v) is 6.32. The van der Waals surface area contributed by atoms with E-state index in [-0.39, 0.29) is 24.7 Å².